The van der Waals surface area contributed by atoms with Crippen molar-refractivity contribution in [3.05, 3.63) is 59.1 Å². The molecule has 0 saturated heterocycles. The van der Waals surface area contributed by atoms with Crippen LogP contribution >= 0.6 is 11.6 Å². The van der Waals surface area contributed by atoms with E-state index in [9.17, 15) is 4.79 Å². The van der Waals surface area contributed by atoms with E-state index in [1.807, 2.05) is 0 Å². The quantitative estimate of drug-likeness (QED) is 0.828. The Hall–Kier alpha value is -2.20. The molecule has 0 aliphatic rings. The molecule has 0 aromatic heterocycles. The van der Waals surface area contributed by atoms with Crippen LogP contribution in [0.1, 0.15) is 10.4 Å². The summed E-state index contributed by atoms with van der Waals surface area (Å²) in [5, 5.41) is 9.42. The highest BCUT2D eigenvalue weighted by Gasteiger charge is 2.02. The number of carboxylic acids is 1. The third kappa shape index (κ3) is 4.17. The van der Waals surface area contributed by atoms with Gasteiger partial charge in [-0.05, 0) is 48.5 Å². The first-order valence-electron chi connectivity index (χ1n) is 6.00. The molecule has 0 heterocycles. The lowest BCUT2D eigenvalue weighted by Gasteiger charge is -2.08. The minimum absolute atomic E-state index is 0.231. The Kier molecular flexibility index (Phi) is 4.85. The van der Waals surface area contributed by atoms with E-state index >= 15 is 0 Å². The minimum Gasteiger partial charge on any atom is -0.490 e. The van der Waals surface area contributed by atoms with Crippen LogP contribution in [0.5, 0.6) is 11.5 Å². The zero-order valence-corrected chi connectivity index (χ0v) is 11.3. The highest BCUT2D eigenvalue weighted by Crippen LogP contribution is 2.16. The number of benzene rings is 2. The molecule has 0 bridgehead atoms. The summed E-state index contributed by atoms with van der Waals surface area (Å²) in [5.74, 6) is 0.372. The normalized spacial score (nSPS) is 10.1. The van der Waals surface area contributed by atoms with E-state index in [1.54, 1.807) is 36.4 Å². The summed E-state index contributed by atoms with van der Waals surface area (Å²) in [6.45, 7) is 0.761. The van der Waals surface area contributed by atoms with Crippen LogP contribution in [-0.2, 0) is 0 Å². The molecule has 4 nitrogen and oxygen atoms in total. The summed E-state index contributed by atoms with van der Waals surface area (Å²) >= 11 is 5.77. The third-order valence-electron chi connectivity index (χ3n) is 2.54. The average molecular weight is 293 g/mol. The summed E-state index contributed by atoms with van der Waals surface area (Å²) in [4.78, 5) is 10.7. The fraction of sp³-hybridized carbons (Fsp3) is 0.133. The molecule has 0 radical (unpaired) electrons. The summed E-state index contributed by atoms with van der Waals surface area (Å²) in [6.07, 6.45) is 0. The van der Waals surface area contributed by atoms with Crippen molar-refractivity contribution >= 4 is 17.6 Å². The highest BCUT2D eigenvalue weighted by atomic mass is 35.5. The SMILES string of the molecule is O=C(O)c1ccc(OCCOc2ccc(Cl)cc2)cc1. The van der Waals surface area contributed by atoms with Crippen LogP contribution < -0.4 is 9.47 Å². The predicted octanol–water partition coefficient (Wildman–Crippen LogP) is 3.50. The maximum absolute atomic E-state index is 10.7. The van der Waals surface area contributed by atoms with Crippen LogP contribution in [0.15, 0.2) is 48.5 Å². The van der Waals surface area contributed by atoms with E-state index in [0.717, 1.165) is 5.75 Å². The molecule has 0 unspecified atom stereocenters. The van der Waals surface area contributed by atoms with Crippen LogP contribution in [0.4, 0.5) is 0 Å². The van der Waals surface area contributed by atoms with Crippen molar-refractivity contribution in [2.45, 2.75) is 0 Å². The summed E-state index contributed by atoms with van der Waals surface area (Å²) in [5.41, 5.74) is 0.231. The fourth-order valence-corrected chi connectivity index (χ4v) is 1.67. The predicted molar refractivity (Wildman–Crippen MR) is 75.8 cm³/mol. The summed E-state index contributed by atoms with van der Waals surface area (Å²) in [7, 11) is 0. The fourth-order valence-electron chi connectivity index (χ4n) is 1.54. The largest absolute Gasteiger partial charge is 0.490 e. The van der Waals surface area contributed by atoms with E-state index in [0.29, 0.717) is 24.0 Å². The number of carboxylic acid groups (broad SMARTS) is 1. The monoisotopic (exact) mass is 292 g/mol. The smallest absolute Gasteiger partial charge is 0.335 e. The molecule has 2 aromatic carbocycles. The summed E-state index contributed by atoms with van der Waals surface area (Å²) in [6, 6.07) is 13.3. The average Bonchev–Trinajstić information content (AvgIpc) is 2.46. The van der Waals surface area contributed by atoms with Gasteiger partial charge in [-0.2, -0.15) is 0 Å². The lowest BCUT2D eigenvalue weighted by atomic mass is 10.2. The van der Waals surface area contributed by atoms with Crippen LogP contribution in [0.2, 0.25) is 5.02 Å². The Labute approximate surface area is 121 Å². The van der Waals surface area contributed by atoms with Crippen LogP contribution in [0.25, 0.3) is 0 Å². The van der Waals surface area contributed by atoms with Crippen molar-refractivity contribution in [1.29, 1.82) is 0 Å². The van der Waals surface area contributed by atoms with Crippen LogP contribution in [-0.4, -0.2) is 24.3 Å². The number of hydrogen-bond acceptors (Lipinski definition) is 3. The summed E-state index contributed by atoms with van der Waals surface area (Å²) < 4.78 is 10.9. The molecule has 20 heavy (non-hydrogen) atoms. The highest BCUT2D eigenvalue weighted by molar-refractivity contribution is 6.30. The van der Waals surface area contributed by atoms with E-state index < -0.39 is 5.97 Å². The van der Waals surface area contributed by atoms with Gasteiger partial charge in [-0.3, -0.25) is 0 Å². The Morgan fingerprint density at radius 1 is 0.900 bits per heavy atom. The van der Waals surface area contributed by atoms with E-state index in [4.69, 9.17) is 26.2 Å². The lowest BCUT2D eigenvalue weighted by molar-refractivity contribution is 0.0697. The first-order chi connectivity index (χ1) is 9.65. The molecule has 5 heteroatoms. The second kappa shape index (κ2) is 6.82. The Morgan fingerprint density at radius 2 is 1.35 bits per heavy atom. The maximum Gasteiger partial charge on any atom is 0.335 e. The second-order valence-corrected chi connectivity index (χ2v) is 4.42. The Balaban J connectivity index is 1.75. The van der Waals surface area contributed by atoms with Crippen molar-refractivity contribution in [2.24, 2.45) is 0 Å². The van der Waals surface area contributed by atoms with Crippen molar-refractivity contribution in [1.82, 2.24) is 0 Å². The van der Waals surface area contributed by atoms with Gasteiger partial charge < -0.3 is 14.6 Å². The van der Waals surface area contributed by atoms with Crippen molar-refractivity contribution in [2.75, 3.05) is 13.2 Å². The molecule has 0 aliphatic carbocycles. The minimum atomic E-state index is -0.956. The molecular formula is C15H13ClO4. The van der Waals surface area contributed by atoms with E-state index in [-0.39, 0.29) is 5.56 Å². The van der Waals surface area contributed by atoms with Crippen molar-refractivity contribution in [3.8, 4) is 11.5 Å². The molecule has 0 amide bonds. The molecule has 0 spiro atoms. The number of rotatable bonds is 6. The molecule has 0 aliphatic heterocycles. The molecule has 0 atom stereocenters. The molecule has 1 N–H and O–H groups in total. The molecule has 2 aromatic rings. The third-order valence-corrected chi connectivity index (χ3v) is 2.79. The van der Waals surface area contributed by atoms with Gasteiger partial charge in [0.25, 0.3) is 0 Å². The topological polar surface area (TPSA) is 55.8 Å². The number of ether oxygens (including phenoxy) is 2. The van der Waals surface area contributed by atoms with Crippen molar-refractivity contribution in [3.63, 3.8) is 0 Å². The van der Waals surface area contributed by atoms with Crippen molar-refractivity contribution < 1.29 is 19.4 Å². The van der Waals surface area contributed by atoms with Gasteiger partial charge in [0.1, 0.15) is 24.7 Å². The van der Waals surface area contributed by atoms with Gasteiger partial charge in [-0.1, -0.05) is 11.6 Å². The van der Waals surface area contributed by atoms with E-state index in [1.165, 1.54) is 12.1 Å². The lowest BCUT2D eigenvalue weighted by Crippen LogP contribution is -2.09. The number of halogens is 1. The van der Waals surface area contributed by atoms with Crippen LogP contribution in [0, 0.1) is 0 Å². The zero-order chi connectivity index (χ0) is 14.4. The number of aromatic carboxylic acids is 1. The molecule has 0 fully saturated rings. The molecule has 0 saturated carbocycles. The zero-order valence-electron chi connectivity index (χ0n) is 10.6. The molecular weight excluding hydrogens is 280 g/mol. The van der Waals surface area contributed by atoms with Gasteiger partial charge in [-0.15, -0.1) is 0 Å². The first-order valence-corrected chi connectivity index (χ1v) is 6.37. The van der Waals surface area contributed by atoms with Gasteiger partial charge in [0, 0.05) is 5.02 Å². The standard InChI is InChI=1S/C15H13ClO4/c16-12-3-7-14(8-4-12)20-10-9-19-13-5-1-11(2-6-13)15(17)18/h1-8H,9-10H2,(H,17,18). The maximum atomic E-state index is 10.7. The van der Waals surface area contributed by atoms with Crippen LogP contribution in [0.3, 0.4) is 0 Å². The Bertz CT molecular complexity index is 563. The first kappa shape index (κ1) is 14.2. The molecule has 104 valence electrons. The van der Waals surface area contributed by atoms with Gasteiger partial charge in [0.05, 0.1) is 5.56 Å². The second-order valence-electron chi connectivity index (χ2n) is 3.98. The number of carbonyl (C=O) groups is 1. The van der Waals surface area contributed by atoms with E-state index in [2.05, 4.69) is 0 Å². The van der Waals surface area contributed by atoms with Gasteiger partial charge in [0.2, 0.25) is 0 Å². The number of hydrogen-bond donors (Lipinski definition) is 1. The Morgan fingerprint density at radius 3 is 1.80 bits per heavy atom. The molecule has 2 rings (SSSR count). The van der Waals surface area contributed by atoms with Gasteiger partial charge in [0.15, 0.2) is 0 Å². The van der Waals surface area contributed by atoms with Gasteiger partial charge >= 0.3 is 5.97 Å². The van der Waals surface area contributed by atoms with Gasteiger partial charge in [-0.25, -0.2) is 4.79 Å².